The molecule has 1 fully saturated rings. The number of hydrogen-bond acceptors (Lipinski definition) is 5. The molecule has 112 valence electrons. The minimum Gasteiger partial charge on any atom is -0.487 e. The molecule has 0 spiro atoms. The Morgan fingerprint density at radius 2 is 2.15 bits per heavy atom. The average Bonchev–Trinajstić information content (AvgIpc) is 2.38. The highest BCUT2D eigenvalue weighted by molar-refractivity contribution is 7.90. The third-order valence-corrected chi connectivity index (χ3v) is 4.37. The molecule has 0 saturated heterocycles. The van der Waals surface area contributed by atoms with Gasteiger partial charge >= 0.3 is 0 Å². The van der Waals surface area contributed by atoms with E-state index in [0.717, 1.165) is 12.7 Å². The fourth-order valence-electron chi connectivity index (χ4n) is 2.10. The number of sulfone groups is 1. The number of aliphatic hydroxyl groups excluding tert-OH is 1. The van der Waals surface area contributed by atoms with Crippen LogP contribution in [0.5, 0.6) is 5.75 Å². The molecular weight excluding hydrogens is 280 g/mol. The Kier molecular flexibility index (Phi) is 4.67. The van der Waals surface area contributed by atoms with Crippen molar-refractivity contribution in [2.24, 2.45) is 0 Å². The van der Waals surface area contributed by atoms with Crippen LogP contribution in [0.2, 0.25) is 0 Å². The molecule has 0 amide bonds. The Morgan fingerprint density at radius 3 is 2.75 bits per heavy atom. The van der Waals surface area contributed by atoms with Gasteiger partial charge in [-0.2, -0.15) is 0 Å². The number of hydrogen-bond donors (Lipinski definition) is 1. The Hall–Kier alpha value is -1.11. The standard InChI is InChI=1S/C14H20O5S/c1-3-7-18-14-12(15)9-13(14)19-10-5-4-6-11(8-10)20(2,16)17/h4-6,8,12-15H,3,7,9H2,1-2H3. The zero-order valence-corrected chi connectivity index (χ0v) is 12.5. The summed E-state index contributed by atoms with van der Waals surface area (Å²) in [5.41, 5.74) is 0. The highest BCUT2D eigenvalue weighted by Gasteiger charge is 2.42. The minimum absolute atomic E-state index is 0.223. The minimum atomic E-state index is -3.25. The van der Waals surface area contributed by atoms with Gasteiger partial charge in [-0.1, -0.05) is 13.0 Å². The predicted molar refractivity (Wildman–Crippen MR) is 74.6 cm³/mol. The number of aliphatic hydroxyl groups is 1. The summed E-state index contributed by atoms with van der Waals surface area (Å²) >= 11 is 0. The largest absolute Gasteiger partial charge is 0.487 e. The van der Waals surface area contributed by atoms with E-state index >= 15 is 0 Å². The van der Waals surface area contributed by atoms with Crippen LogP contribution in [0.25, 0.3) is 0 Å². The van der Waals surface area contributed by atoms with Crippen LogP contribution >= 0.6 is 0 Å². The molecule has 1 aromatic rings. The predicted octanol–water partition coefficient (Wildman–Crippen LogP) is 1.40. The lowest BCUT2D eigenvalue weighted by atomic mass is 9.88. The molecule has 0 radical (unpaired) electrons. The van der Waals surface area contributed by atoms with Gasteiger partial charge in [0.2, 0.25) is 0 Å². The second-order valence-corrected chi connectivity index (χ2v) is 7.06. The molecule has 20 heavy (non-hydrogen) atoms. The second kappa shape index (κ2) is 6.11. The third kappa shape index (κ3) is 3.50. The van der Waals surface area contributed by atoms with Crippen molar-refractivity contribution in [1.29, 1.82) is 0 Å². The first-order chi connectivity index (χ1) is 9.41. The molecule has 5 nitrogen and oxygen atoms in total. The Bertz CT molecular complexity index is 554. The van der Waals surface area contributed by atoms with E-state index in [-0.39, 0.29) is 17.1 Å². The number of ether oxygens (including phenoxy) is 2. The molecule has 6 heteroatoms. The lowest BCUT2D eigenvalue weighted by Gasteiger charge is -2.40. The van der Waals surface area contributed by atoms with Gasteiger partial charge in [-0.15, -0.1) is 0 Å². The van der Waals surface area contributed by atoms with Crippen LogP contribution in [0.1, 0.15) is 19.8 Å². The van der Waals surface area contributed by atoms with Crippen molar-refractivity contribution < 1.29 is 23.0 Å². The molecule has 0 heterocycles. The molecule has 3 unspecified atom stereocenters. The van der Waals surface area contributed by atoms with Crippen LogP contribution in [0.4, 0.5) is 0 Å². The zero-order chi connectivity index (χ0) is 14.8. The van der Waals surface area contributed by atoms with Gasteiger partial charge in [0.25, 0.3) is 0 Å². The van der Waals surface area contributed by atoms with Gasteiger partial charge in [-0.05, 0) is 24.6 Å². The Balaban J connectivity index is 2.03. The van der Waals surface area contributed by atoms with Gasteiger partial charge in [-0.3, -0.25) is 0 Å². The van der Waals surface area contributed by atoms with E-state index in [1.54, 1.807) is 12.1 Å². The summed E-state index contributed by atoms with van der Waals surface area (Å²) in [5, 5.41) is 9.67. The number of rotatable bonds is 6. The first-order valence-corrected chi connectivity index (χ1v) is 8.57. The summed E-state index contributed by atoms with van der Waals surface area (Å²) in [6, 6.07) is 6.37. The highest BCUT2D eigenvalue weighted by Crippen LogP contribution is 2.30. The van der Waals surface area contributed by atoms with Crippen molar-refractivity contribution in [2.45, 2.75) is 43.0 Å². The molecule has 1 N–H and O–H groups in total. The molecule has 0 bridgehead atoms. The second-order valence-electron chi connectivity index (χ2n) is 5.04. The summed E-state index contributed by atoms with van der Waals surface area (Å²) in [5.74, 6) is 0.481. The van der Waals surface area contributed by atoms with Crippen LogP contribution in [0.15, 0.2) is 29.2 Å². The highest BCUT2D eigenvalue weighted by atomic mass is 32.2. The fraction of sp³-hybridized carbons (Fsp3) is 0.571. The SMILES string of the molecule is CCCOC1C(O)CC1Oc1cccc(S(C)(=O)=O)c1. The summed E-state index contributed by atoms with van der Waals surface area (Å²) in [6.45, 7) is 2.57. The maximum atomic E-state index is 11.5. The quantitative estimate of drug-likeness (QED) is 0.859. The Labute approximate surface area is 119 Å². The van der Waals surface area contributed by atoms with Gasteiger partial charge in [0, 0.05) is 19.3 Å². The maximum Gasteiger partial charge on any atom is 0.175 e. The van der Waals surface area contributed by atoms with Crippen LogP contribution in [-0.4, -0.2) is 44.7 Å². The van der Waals surface area contributed by atoms with Gasteiger partial charge in [0.15, 0.2) is 9.84 Å². The zero-order valence-electron chi connectivity index (χ0n) is 11.7. The average molecular weight is 300 g/mol. The van der Waals surface area contributed by atoms with Gasteiger partial charge in [-0.25, -0.2) is 8.42 Å². The number of benzene rings is 1. The van der Waals surface area contributed by atoms with E-state index in [0.29, 0.717) is 18.8 Å². The van der Waals surface area contributed by atoms with Crippen molar-refractivity contribution in [1.82, 2.24) is 0 Å². The van der Waals surface area contributed by atoms with Crippen LogP contribution < -0.4 is 4.74 Å². The van der Waals surface area contributed by atoms with Crippen LogP contribution in [0.3, 0.4) is 0 Å². The first-order valence-electron chi connectivity index (χ1n) is 6.68. The lowest BCUT2D eigenvalue weighted by molar-refractivity contribution is -0.162. The Morgan fingerprint density at radius 1 is 1.40 bits per heavy atom. The molecule has 0 aromatic heterocycles. The van der Waals surface area contributed by atoms with Crippen molar-refractivity contribution in [3.05, 3.63) is 24.3 Å². The summed E-state index contributed by atoms with van der Waals surface area (Å²) in [7, 11) is -3.25. The van der Waals surface area contributed by atoms with Crippen LogP contribution in [0, 0.1) is 0 Å². The molecule has 1 aromatic carbocycles. The fourth-order valence-corrected chi connectivity index (χ4v) is 2.75. The van der Waals surface area contributed by atoms with Gasteiger partial charge < -0.3 is 14.6 Å². The third-order valence-electron chi connectivity index (χ3n) is 3.25. The molecule has 1 aliphatic rings. The van der Waals surface area contributed by atoms with E-state index in [1.165, 1.54) is 12.1 Å². The molecule has 1 aliphatic carbocycles. The molecule has 3 atom stereocenters. The summed E-state index contributed by atoms with van der Waals surface area (Å²) in [4.78, 5) is 0.223. The summed E-state index contributed by atoms with van der Waals surface area (Å²) in [6.07, 6.45) is 1.46. The van der Waals surface area contributed by atoms with E-state index in [4.69, 9.17) is 9.47 Å². The maximum absolute atomic E-state index is 11.5. The van der Waals surface area contributed by atoms with Crippen molar-refractivity contribution in [2.75, 3.05) is 12.9 Å². The normalized spacial score (nSPS) is 26.1. The van der Waals surface area contributed by atoms with Crippen molar-refractivity contribution in [3.8, 4) is 5.75 Å². The van der Waals surface area contributed by atoms with Gasteiger partial charge in [0.1, 0.15) is 18.0 Å². The molecule has 1 saturated carbocycles. The monoisotopic (exact) mass is 300 g/mol. The van der Waals surface area contributed by atoms with E-state index in [9.17, 15) is 13.5 Å². The van der Waals surface area contributed by atoms with E-state index < -0.39 is 15.9 Å². The topological polar surface area (TPSA) is 72.8 Å². The van der Waals surface area contributed by atoms with Crippen LogP contribution in [-0.2, 0) is 14.6 Å². The van der Waals surface area contributed by atoms with Crippen molar-refractivity contribution >= 4 is 9.84 Å². The van der Waals surface area contributed by atoms with Gasteiger partial charge in [0.05, 0.1) is 11.0 Å². The molecular formula is C14H20O5S. The molecule has 2 rings (SSSR count). The van der Waals surface area contributed by atoms with Crippen molar-refractivity contribution in [3.63, 3.8) is 0 Å². The molecule has 0 aliphatic heterocycles. The lowest BCUT2D eigenvalue weighted by Crippen LogP contribution is -2.55. The van der Waals surface area contributed by atoms with E-state index in [2.05, 4.69) is 0 Å². The summed E-state index contributed by atoms with van der Waals surface area (Å²) < 4.78 is 34.2. The first kappa shape index (κ1) is 15.3. The smallest absolute Gasteiger partial charge is 0.175 e. The van der Waals surface area contributed by atoms with E-state index in [1.807, 2.05) is 6.92 Å².